The molecule has 15 heteroatoms. The number of carbonyl (C=O) groups excluding carboxylic acids is 5. The molecule has 5 amide bonds. The quantitative estimate of drug-likeness (QED) is 0.108. The van der Waals surface area contributed by atoms with Crippen molar-refractivity contribution < 1.29 is 33.9 Å². The molecule has 3 aliphatic rings. The molecule has 35 heavy (non-hydrogen) atoms. The Kier molecular flexibility index (Phi) is 7.76. The highest BCUT2D eigenvalue weighted by atomic mass is 16.4. The summed E-state index contributed by atoms with van der Waals surface area (Å²) in [5.41, 5.74) is 9.38. The number of aliphatic imine (C=N–C) groups is 1. The molecule has 3 aliphatic heterocycles. The number of carboxylic acid groups (broad SMARTS) is 1. The number of guanidine groups is 1. The monoisotopic (exact) mass is 494 g/mol. The van der Waals surface area contributed by atoms with Crippen molar-refractivity contribution in [2.24, 2.45) is 16.5 Å². The van der Waals surface area contributed by atoms with E-state index in [2.05, 4.69) is 26.3 Å². The predicted octanol–water partition coefficient (Wildman–Crippen LogP) is -4.14. The molecule has 4 atom stereocenters. The minimum absolute atomic E-state index is 0.0422. The number of hydrogen-bond donors (Lipinski definition) is 7. The minimum atomic E-state index is -1.47. The Morgan fingerprint density at radius 3 is 2.51 bits per heavy atom. The second-order valence-corrected chi connectivity index (χ2v) is 8.80. The summed E-state index contributed by atoms with van der Waals surface area (Å²) in [6.07, 6.45) is 0.640. The lowest BCUT2D eigenvalue weighted by molar-refractivity contribution is -0.141. The Morgan fingerprint density at radius 1 is 1.09 bits per heavy atom. The lowest BCUT2D eigenvalue weighted by Gasteiger charge is -2.32. The average molecular weight is 495 g/mol. The van der Waals surface area contributed by atoms with E-state index in [9.17, 15) is 28.8 Å². The van der Waals surface area contributed by atoms with Crippen molar-refractivity contribution in [3.8, 4) is 0 Å². The number of nitrogens with zero attached hydrogens (tertiary/aromatic N) is 2. The smallest absolute Gasteiger partial charge is 0.305 e. The van der Waals surface area contributed by atoms with Gasteiger partial charge in [-0.2, -0.15) is 0 Å². The first-order valence-electron chi connectivity index (χ1n) is 11.3. The van der Waals surface area contributed by atoms with Crippen LogP contribution in [-0.4, -0.2) is 94.8 Å². The molecule has 3 saturated heterocycles. The standard InChI is InChI=1S/C20H30N8O7/c21-19(22)23-5-1-3-10-15(32)24-9-13(29)25-11(7-14(30)31)16(33)26-12-8-20(18(35)27-10)4-2-6-28(20)17(12)34/h10-12H,1-9H2,(H,24,32)(H,25,29)(H,26,33)(H,27,35)(H,30,31)(H4,21,22,23)/t10-,11-,12+,20+/m0/s1. The average Bonchev–Trinajstić information content (AvgIpc) is 3.31. The Labute approximate surface area is 200 Å². The van der Waals surface area contributed by atoms with Gasteiger partial charge in [0.15, 0.2) is 5.96 Å². The van der Waals surface area contributed by atoms with Crippen LogP contribution in [0.1, 0.15) is 38.5 Å². The highest BCUT2D eigenvalue weighted by Gasteiger charge is 2.58. The van der Waals surface area contributed by atoms with E-state index in [1.165, 1.54) is 4.90 Å². The zero-order valence-electron chi connectivity index (χ0n) is 19.0. The summed E-state index contributed by atoms with van der Waals surface area (Å²) in [5.74, 6) is -4.80. The van der Waals surface area contributed by atoms with Gasteiger partial charge in [0.1, 0.15) is 23.7 Å². The van der Waals surface area contributed by atoms with Crippen LogP contribution in [0, 0.1) is 0 Å². The molecule has 0 unspecified atom stereocenters. The Balaban J connectivity index is 1.88. The molecule has 0 radical (unpaired) electrons. The summed E-state index contributed by atoms with van der Waals surface area (Å²) in [4.78, 5) is 80.8. The summed E-state index contributed by atoms with van der Waals surface area (Å²) in [5, 5.41) is 19.0. The van der Waals surface area contributed by atoms with E-state index in [1.54, 1.807) is 0 Å². The van der Waals surface area contributed by atoms with Gasteiger partial charge in [-0.05, 0) is 25.7 Å². The number of amides is 5. The molecule has 0 aromatic heterocycles. The third-order valence-electron chi connectivity index (χ3n) is 6.35. The van der Waals surface area contributed by atoms with Crippen molar-refractivity contribution >= 4 is 41.5 Å². The molecule has 3 rings (SSSR count). The number of nitrogens with two attached hydrogens (primary N) is 2. The zero-order valence-corrected chi connectivity index (χ0v) is 19.0. The van der Waals surface area contributed by atoms with Crippen molar-refractivity contribution in [3.05, 3.63) is 0 Å². The molecule has 0 aliphatic carbocycles. The van der Waals surface area contributed by atoms with Gasteiger partial charge in [0.25, 0.3) is 0 Å². The van der Waals surface area contributed by atoms with Crippen LogP contribution in [0.3, 0.4) is 0 Å². The minimum Gasteiger partial charge on any atom is -0.481 e. The van der Waals surface area contributed by atoms with Gasteiger partial charge in [0.05, 0.1) is 13.0 Å². The Bertz CT molecular complexity index is 950. The molecule has 192 valence electrons. The number of rotatable bonds is 6. The molecular weight excluding hydrogens is 464 g/mol. The highest BCUT2D eigenvalue weighted by molar-refractivity contribution is 6.02. The van der Waals surface area contributed by atoms with Crippen LogP contribution >= 0.6 is 0 Å². The van der Waals surface area contributed by atoms with Crippen LogP contribution in [0.5, 0.6) is 0 Å². The van der Waals surface area contributed by atoms with Crippen molar-refractivity contribution in [1.82, 2.24) is 26.2 Å². The molecule has 1 spiro atoms. The third-order valence-corrected chi connectivity index (χ3v) is 6.35. The van der Waals surface area contributed by atoms with E-state index in [1.807, 2.05) is 0 Å². The van der Waals surface area contributed by atoms with Crippen molar-refractivity contribution in [1.29, 1.82) is 0 Å². The fraction of sp³-hybridized carbons (Fsp3) is 0.650. The van der Waals surface area contributed by atoms with Crippen LogP contribution in [0.2, 0.25) is 0 Å². The normalized spacial score (nSPS) is 29.3. The lowest BCUT2D eigenvalue weighted by Crippen LogP contribution is -2.58. The maximum atomic E-state index is 13.4. The SMILES string of the molecule is NC(N)=NCCC[C@@H]1NC(=O)[C@]23CCCN2C(=O)[C@@H](C3)NC(=O)[C@H](CC(=O)O)NC(=O)CNC1=O. The molecule has 3 heterocycles. The van der Waals surface area contributed by atoms with Crippen molar-refractivity contribution in [3.63, 3.8) is 0 Å². The maximum absolute atomic E-state index is 13.4. The number of carbonyl (C=O) groups is 6. The summed E-state index contributed by atoms with van der Waals surface area (Å²) in [7, 11) is 0. The number of fused-ring (bicyclic) bond motifs is 1. The molecule has 2 bridgehead atoms. The molecule has 3 fully saturated rings. The second-order valence-electron chi connectivity index (χ2n) is 8.80. The second kappa shape index (κ2) is 10.6. The van der Waals surface area contributed by atoms with Gasteiger partial charge >= 0.3 is 5.97 Å². The first-order valence-corrected chi connectivity index (χ1v) is 11.3. The Hall–Kier alpha value is -3.91. The van der Waals surface area contributed by atoms with Crippen LogP contribution in [0.15, 0.2) is 4.99 Å². The third kappa shape index (κ3) is 5.78. The Morgan fingerprint density at radius 2 is 1.83 bits per heavy atom. The van der Waals surface area contributed by atoms with Crippen LogP contribution < -0.4 is 32.7 Å². The first kappa shape index (κ1) is 25.7. The highest BCUT2D eigenvalue weighted by Crippen LogP contribution is 2.40. The number of carboxylic acids is 1. The summed E-state index contributed by atoms with van der Waals surface area (Å²) in [6, 6.07) is -3.58. The molecule has 15 nitrogen and oxygen atoms in total. The number of hydrogen-bond acceptors (Lipinski definition) is 7. The number of nitrogens with one attached hydrogen (secondary N) is 4. The van der Waals surface area contributed by atoms with E-state index >= 15 is 0 Å². The van der Waals surface area contributed by atoms with E-state index < -0.39 is 72.1 Å². The van der Waals surface area contributed by atoms with Gasteiger partial charge < -0.3 is 42.7 Å². The number of aliphatic carboxylic acids is 1. The van der Waals surface area contributed by atoms with Gasteiger partial charge in [-0.25, -0.2) is 0 Å². The fourth-order valence-corrected chi connectivity index (χ4v) is 4.72. The zero-order chi connectivity index (χ0) is 25.8. The molecule has 0 aromatic rings. The van der Waals surface area contributed by atoms with Crippen molar-refractivity contribution in [2.75, 3.05) is 19.6 Å². The molecule has 9 N–H and O–H groups in total. The van der Waals surface area contributed by atoms with Gasteiger partial charge in [0.2, 0.25) is 29.5 Å². The van der Waals surface area contributed by atoms with Crippen LogP contribution in [-0.2, 0) is 28.8 Å². The topological polar surface area (TPSA) is 238 Å². The largest absolute Gasteiger partial charge is 0.481 e. The van der Waals surface area contributed by atoms with Gasteiger partial charge in [0, 0.05) is 19.5 Å². The van der Waals surface area contributed by atoms with E-state index in [0.29, 0.717) is 25.8 Å². The fourth-order valence-electron chi connectivity index (χ4n) is 4.72. The molecule has 0 saturated carbocycles. The van der Waals surface area contributed by atoms with Crippen LogP contribution in [0.4, 0.5) is 0 Å². The summed E-state index contributed by atoms with van der Waals surface area (Å²) >= 11 is 0. The van der Waals surface area contributed by atoms with Gasteiger partial charge in [-0.15, -0.1) is 0 Å². The molecular formula is C20H30N8O7. The van der Waals surface area contributed by atoms with Gasteiger partial charge in [-0.1, -0.05) is 0 Å². The van der Waals surface area contributed by atoms with E-state index in [4.69, 9.17) is 16.6 Å². The predicted molar refractivity (Wildman–Crippen MR) is 119 cm³/mol. The van der Waals surface area contributed by atoms with Crippen LogP contribution in [0.25, 0.3) is 0 Å². The van der Waals surface area contributed by atoms with E-state index in [-0.39, 0.29) is 25.3 Å². The van der Waals surface area contributed by atoms with E-state index in [0.717, 1.165) is 0 Å². The maximum Gasteiger partial charge on any atom is 0.305 e. The van der Waals surface area contributed by atoms with Crippen molar-refractivity contribution in [2.45, 2.75) is 62.2 Å². The van der Waals surface area contributed by atoms with Gasteiger partial charge in [-0.3, -0.25) is 33.8 Å². The summed E-state index contributed by atoms with van der Waals surface area (Å²) < 4.78 is 0. The first-order chi connectivity index (χ1) is 16.5. The lowest BCUT2D eigenvalue weighted by atomic mass is 9.90. The summed E-state index contributed by atoms with van der Waals surface area (Å²) in [6.45, 7) is -0.0411. The molecule has 0 aromatic carbocycles.